The Morgan fingerprint density at radius 1 is 0.906 bits per heavy atom. The van der Waals surface area contributed by atoms with Gasteiger partial charge in [-0.1, -0.05) is 36.4 Å². The quantitative estimate of drug-likeness (QED) is 0.475. The maximum Gasteiger partial charge on any atom is 0.354 e. The van der Waals surface area contributed by atoms with E-state index in [1.165, 1.54) is 16.7 Å². The second-order valence-electron chi connectivity index (χ2n) is 7.03. The Morgan fingerprint density at radius 3 is 2.34 bits per heavy atom. The highest BCUT2D eigenvalue weighted by Crippen LogP contribution is 2.25. The fraction of sp³-hybridized carbons (Fsp3) is 0.125. The first-order valence-corrected chi connectivity index (χ1v) is 10.1. The van der Waals surface area contributed by atoms with Gasteiger partial charge in [0.1, 0.15) is 17.3 Å². The normalized spacial score (nSPS) is 10.7. The molecule has 0 amide bonds. The Morgan fingerprint density at radius 2 is 1.62 bits per heavy atom. The SMILES string of the molecule is CCn1c(=O)nc(Nc2cccc(Oc3ccccc3)c2)n(Cc2ccc(F)cc2)c1=O. The summed E-state index contributed by atoms with van der Waals surface area (Å²) in [5, 5.41) is 3.05. The summed E-state index contributed by atoms with van der Waals surface area (Å²) >= 11 is 0. The first-order valence-electron chi connectivity index (χ1n) is 10.1. The van der Waals surface area contributed by atoms with Crippen molar-refractivity contribution < 1.29 is 9.13 Å². The van der Waals surface area contributed by atoms with Crippen LogP contribution in [0.2, 0.25) is 0 Å². The molecule has 0 bridgehead atoms. The Balaban J connectivity index is 1.68. The lowest BCUT2D eigenvalue weighted by Gasteiger charge is -2.15. The van der Waals surface area contributed by atoms with Crippen molar-refractivity contribution in [1.29, 1.82) is 0 Å². The Labute approximate surface area is 183 Å². The fourth-order valence-electron chi connectivity index (χ4n) is 3.20. The van der Waals surface area contributed by atoms with Crippen molar-refractivity contribution in [3.05, 3.63) is 111 Å². The lowest BCUT2D eigenvalue weighted by molar-refractivity contribution is 0.483. The summed E-state index contributed by atoms with van der Waals surface area (Å²) in [4.78, 5) is 29.4. The van der Waals surface area contributed by atoms with Gasteiger partial charge in [0.15, 0.2) is 0 Å². The van der Waals surface area contributed by atoms with Crippen LogP contribution in [0.3, 0.4) is 0 Å². The van der Waals surface area contributed by atoms with Gasteiger partial charge in [-0.15, -0.1) is 0 Å². The summed E-state index contributed by atoms with van der Waals surface area (Å²) in [7, 11) is 0. The highest BCUT2D eigenvalue weighted by molar-refractivity contribution is 5.56. The first kappa shape index (κ1) is 21.0. The zero-order chi connectivity index (χ0) is 22.5. The van der Waals surface area contributed by atoms with Crippen molar-refractivity contribution in [1.82, 2.24) is 14.1 Å². The second-order valence-corrected chi connectivity index (χ2v) is 7.03. The van der Waals surface area contributed by atoms with Crippen molar-refractivity contribution >= 4 is 11.6 Å². The fourth-order valence-corrected chi connectivity index (χ4v) is 3.20. The number of anilines is 2. The maximum atomic E-state index is 13.3. The molecule has 1 N–H and O–H groups in total. The van der Waals surface area contributed by atoms with Gasteiger partial charge < -0.3 is 10.1 Å². The van der Waals surface area contributed by atoms with E-state index in [0.29, 0.717) is 22.7 Å². The number of halogens is 1. The molecule has 7 nitrogen and oxygen atoms in total. The largest absolute Gasteiger partial charge is 0.457 e. The van der Waals surface area contributed by atoms with Crippen molar-refractivity contribution in [3.8, 4) is 11.5 Å². The molecule has 0 unspecified atom stereocenters. The van der Waals surface area contributed by atoms with Crippen LogP contribution in [0, 0.1) is 5.82 Å². The molecule has 0 fully saturated rings. The number of ether oxygens (including phenoxy) is 1. The van der Waals surface area contributed by atoms with Crippen LogP contribution in [0.15, 0.2) is 88.5 Å². The molecule has 0 aliphatic rings. The predicted octanol–water partition coefficient (Wildman–Crippen LogP) is 4.15. The molecule has 0 aliphatic heterocycles. The van der Waals surface area contributed by atoms with Gasteiger partial charge in [0.2, 0.25) is 5.95 Å². The third kappa shape index (κ3) is 4.75. The summed E-state index contributed by atoms with van der Waals surface area (Å²) in [5.41, 5.74) is 0.135. The molecule has 4 aromatic rings. The van der Waals surface area contributed by atoms with Crippen molar-refractivity contribution in [3.63, 3.8) is 0 Å². The van der Waals surface area contributed by atoms with E-state index in [2.05, 4.69) is 10.3 Å². The van der Waals surface area contributed by atoms with Gasteiger partial charge >= 0.3 is 11.4 Å². The van der Waals surface area contributed by atoms with Crippen LogP contribution >= 0.6 is 0 Å². The zero-order valence-electron chi connectivity index (χ0n) is 17.4. The number of hydrogen-bond donors (Lipinski definition) is 1. The highest BCUT2D eigenvalue weighted by Gasteiger charge is 2.13. The minimum absolute atomic E-state index is 0.0888. The number of para-hydroxylation sites is 1. The van der Waals surface area contributed by atoms with E-state index < -0.39 is 11.4 Å². The third-order valence-electron chi connectivity index (χ3n) is 4.79. The number of nitrogens with one attached hydrogen (secondary N) is 1. The molecular weight excluding hydrogens is 411 g/mol. The average Bonchev–Trinajstić information content (AvgIpc) is 2.79. The number of hydrogen-bond acceptors (Lipinski definition) is 5. The third-order valence-corrected chi connectivity index (χ3v) is 4.79. The van der Waals surface area contributed by atoms with Gasteiger partial charge in [-0.3, -0.25) is 4.57 Å². The van der Waals surface area contributed by atoms with Crippen LogP contribution in [-0.2, 0) is 13.1 Å². The van der Waals surface area contributed by atoms with Crippen LogP contribution in [-0.4, -0.2) is 14.1 Å². The molecule has 0 atom stereocenters. The molecule has 0 saturated carbocycles. The van der Waals surface area contributed by atoms with Gasteiger partial charge in [-0.2, -0.15) is 4.98 Å². The minimum Gasteiger partial charge on any atom is -0.457 e. The summed E-state index contributed by atoms with van der Waals surface area (Å²) in [5.74, 6) is 0.981. The van der Waals surface area contributed by atoms with Crippen LogP contribution in [0.5, 0.6) is 11.5 Å². The van der Waals surface area contributed by atoms with E-state index in [0.717, 1.165) is 4.57 Å². The topological polar surface area (TPSA) is 78.2 Å². The lowest BCUT2D eigenvalue weighted by Crippen LogP contribution is -2.42. The number of nitrogens with zero attached hydrogens (tertiary/aromatic N) is 3. The molecule has 4 rings (SSSR count). The van der Waals surface area contributed by atoms with Crippen molar-refractivity contribution in [2.75, 3.05) is 5.32 Å². The van der Waals surface area contributed by atoms with E-state index in [-0.39, 0.29) is 24.9 Å². The average molecular weight is 432 g/mol. The summed E-state index contributed by atoms with van der Waals surface area (Å²) in [6, 6.07) is 22.2. The zero-order valence-corrected chi connectivity index (χ0v) is 17.4. The Kier molecular flexibility index (Phi) is 6.12. The Bertz CT molecular complexity index is 1330. The Hall–Kier alpha value is -4.20. The summed E-state index contributed by atoms with van der Waals surface area (Å²) in [6.07, 6.45) is 0. The van der Waals surface area contributed by atoms with Gasteiger partial charge in [0.25, 0.3) is 0 Å². The minimum atomic E-state index is -0.646. The summed E-state index contributed by atoms with van der Waals surface area (Å²) < 4.78 is 21.5. The molecule has 3 aromatic carbocycles. The molecule has 0 radical (unpaired) electrons. The maximum absolute atomic E-state index is 13.3. The van der Waals surface area contributed by atoms with Crippen LogP contribution < -0.4 is 21.4 Å². The molecule has 0 spiro atoms. The molecule has 8 heteroatoms. The molecule has 0 aliphatic carbocycles. The smallest absolute Gasteiger partial charge is 0.354 e. The van der Waals surface area contributed by atoms with Gasteiger partial charge in [-0.25, -0.2) is 18.5 Å². The van der Waals surface area contributed by atoms with Gasteiger partial charge in [0, 0.05) is 18.3 Å². The van der Waals surface area contributed by atoms with E-state index in [9.17, 15) is 14.0 Å². The molecule has 0 saturated heterocycles. The monoisotopic (exact) mass is 432 g/mol. The highest BCUT2D eigenvalue weighted by atomic mass is 19.1. The molecule has 1 heterocycles. The number of rotatable bonds is 7. The lowest BCUT2D eigenvalue weighted by atomic mass is 10.2. The van der Waals surface area contributed by atoms with E-state index >= 15 is 0 Å². The number of benzene rings is 3. The number of aromatic nitrogens is 3. The van der Waals surface area contributed by atoms with Crippen LogP contribution in [0.25, 0.3) is 0 Å². The molecule has 32 heavy (non-hydrogen) atoms. The summed E-state index contributed by atoms with van der Waals surface area (Å²) in [6.45, 7) is 2.01. The van der Waals surface area contributed by atoms with E-state index in [4.69, 9.17) is 4.74 Å². The second kappa shape index (κ2) is 9.30. The van der Waals surface area contributed by atoms with Gasteiger partial charge in [-0.05, 0) is 48.9 Å². The van der Waals surface area contributed by atoms with Gasteiger partial charge in [0.05, 0.1) is 6.54 Å². The molecular formula is C24H21FN4O3. The predicted molar refractivity (Wildman–Crippen MR) is 120 cm³/mol. The van der Waals surface area contributed by atoms with E-state index in [1.54, 1.807) is 43.3 Å². The van der Waals surface area contributed by atoms with Crippen LogP contribution in [0.1, 0.15) is 12.5 Å². The van der Waals surface area contributed by atoms with E-state index in [1.807, 2.05) is 30.3 Å². The van der Waals surface area contributed by atoms with Crippen molar-refractivity contribution in [2.45, 2.75) is 20.0 Å². The standard InChI is InChI=1S/C24H21FN4O3/c1-2-28-23(30)27-22(29(24(28)31)16-17-11-13-18(25)14-12-17)26-19-7-6-10-21(15-19)32-20-8-4-3-5-9-20/h3-15H,2,16H2,1H3,(H,26,27,30). The first-order chi connectivity index (χ1) is 15.5. The van der Waals surface area contributed by atoms with Crippen molar-refractivity contribution in [2.24, 2.45) is 0 Å². The molecule has 162 valence electrons. The van der Waals surface area contributed by atoms with Crippen LogP contribution in [0.4, 0.5) is 16.0 Å². The molecule has 1 aromatic heterocycles.